The maximum absolute atomic E-state index is 12.3. The Morgan fingerprint density at radius 1 is 1.04 bits per heavy atom. The lowest BCUT2D eigenvalue weighted by Gasteiger charge is -2.23. The number of likely N-dealkylation sites (N-methyl/N-ethyl adjacent to an activating group) is 1. The van der Waals surface area contributed by atoms with E-state index in [1.165, 1.54) is 10.4 Å². The SMILES string of the molecule is CN(C)C(CNC(=O)COc1ccccc1Cc1ccccc1)c1cccs1. The summed E-state index contributed by atoms with van der Waals surface area (Å²) >= 11 is 1.70. The molecular weight excluding hydrogens is 368 g/mol. The number of nitrogens with zero attached hydrogens (tertiary/aromatic N) is 1. The first-order valence-electron chi connectivity index (χ1n) is 9.34. The zero-order chi connectivity index (χ0) is 19.8. The Bertz CT molecular complexity index is 863. The van der Waals surface area contributed by atoms with Gasteiger partial charge in [-0.3, -0.25) is 4.79 Å². The number of hydrogen-bond acceptors (Lipinski definition) is 4. The average Bonchev–Trinajstić information content (AvgIpc) is 3.22. The van der Waals surface area contributed by atoms with Crippen LogP contribution in [0.4, 0.5) is 0 Å². The van der Waals surface area contributed by atoms with Crippen LogP contribution in [0.2, 0.25) is 0 Å². The third-order valence-corrected chi connectivity index (χ3v) is 5.53. The molecule has 3 rings (SSSR count). The van der Waals surface area contributed by atoms with Gasteiger partial charge in [-0.05, 0) is 42.7 Å². The van der Waals surface area contributed by atoms with E-state index in [9.17, 15) is 4.79 Å². The van der Waals surface area contributed by atoms with Gasteiger partial charge in [0.15, 0.2) is 6.61 Å². The molecule has 2 aromatic carbocycles. The van der Waals surface area contributed by atoms with E-state index in [2.05, 4.69) is 33.8 Å². The molecule has 0 saturated heterocycles. The molecule has 4 nitrogen and oxygen atoms in total. The van der Waals surface area contributed by atoms with E-state index >= 15 is 0 Å². The van der Waals surface area contributed by atoms with Gasteiger partial charge in [0.25, 0.3) is 5.91 Å². The fraction of sp³-hybridized carbons (Fsp3) is 0.261. The van der Waals surface area contributed by atoms with Crippen molar-refractivity contribution in [3.05, 3.63) is 88.1 Å². The third kappa shape index (κ3) is 5.68. The van der Waals surface area contributed by atoms with Crippen molar-refractivity contribution in [2.45, 2.75) is 12.5 Å². The van der Waals surface area contributed by atoms with Crippen LogP contribution in [0.25, 0.3) is 0 Å². The first-order chi connectivity index (χ1) is 13.6. The summed E-state index contributed by atoms with van der Waals surface area (Å²) in [7, 11) is 4.04. The number of nitrogens with one attached hydrogen (secondary N) is 1. The topological polar surface area (TPSA) is 41.6 Å². The van der Waals surface area contributed by atoms with Crippen molar-refractivity contribution in [1.82, 2.24) is 10.2 Å². The summed E-state index contributed by atoms with van der Waals surface area (Å²) in [6.07, 6.45) is 0.777. The molecule has 5 heteroatoms. The lowest BCUT2D eigenvalue weighted by molar-refractivity contribution is -0.123. The smallest absolute Gasteiger partial charge is 0.258 e. The number of thiophene rings is 1. The van der Waals surface area contributed by atoms with E-state index in [0.29, 0.717) is 6.54 Å². The number of amides is 1. The van der Waals surface area contributed by atoms with E-state index < -0.39 is 0 Å². The summed E-state index contributed by atoms with van der Waals surface area (Å²) in [5.74, 6) is 0.641. The normalized spacial score (nSPS) is 12.0. The largest absolute Gasteiger partial charge is 0.483 e. The second kappa shape index (κ2) is 10.1. The highest BCUT2D eigenvalue weighted by Gasteiger charge is 2.16. The van der Waals surface area contributed by atoms with Gasteiger partial charge < -0.3 is 15.0 Å². The molecule has 1 N–H and O–H groups in total. The molecule has 0 radical (unpaired) electrons. The van der Waals surface area contributed by atoms with Crippen LogP contribution in [0.3, 0.4) is 0 Å². The van der Waals surface area contributed by atoms with Gasteiger partial charge in [-0.2, -0.15) is 0 Å². The van der Waals surface area contributed by atoms with Gasteiger partial charge in [0.2, 0.25) is 0 Å². The van der Waals surface area contributed by atoms with Crippen molar-refractivity contribution in [3.8, 4) is 5.75 Å². The molecule has 28 heavy (non-hydrogen) atoms. The molecular formula is C23H26N2O2S. The minimum Gasteiger partial charge on any atom is -0.483 e. The van der Waals surface area contributed by atoms with Gasteiger partial charge in [-0.25, -0.2) is 0 Å². The van der Waals surface area contributed by atoms with Gasteiger partial charge >= 0.3 is 0 Å². The van der Waals surface area contributed by atoms with E-state index in [1.807, 2.05) is 62.6 Å². The molecule has 1 unspecified atom stereocenters. The molecule has 0 fully saturated rings. The van der Waals surface area contributed by atoms with Gasteiger partial charge in [-0.15, -0.1) is 11.3 Å². The first kappa shape index (κ1) is 20.1. The number of benzene rings is 2. The van der Waals surface area contributed by atoms with Crippen molar-refractivity contribution < 1.29 is 9.53 Å². The molecule has 0 spiro atoms. The minimum absolute atomic E-state index is 0.0103. The lowest BCUT2D eigenvalue weighted by atomic mass is 10.0. The second-order valence-electron chi connectivity index (χ2n) is 6.86. The van der Waals surface area contributed by atoms with Crippen LogP contribution in [0, 0.1) is 0 Å². The Hall–Kier alpha value is -2.63. The predicted octanol–water partition coefficient (Wildman–Crippen LogP) is 4.14. The van der Waals surface area contributed by atoms with E-state index in [0.717, 1.165) is 17.7 Å². The quantitative estimate of drug-likeness (QED) is 0.593. The molecule has 146 valence electrons. The van der Waals surface area contributed by atoms with E-state index in [1.54, 1.807) is 11.3 Å². The molecule has 0 aliphatic heterocycles. The molecule has 1 aromatic heterocycles. The van der Waals surface area contributed by atoms with Crippen LogP contribution in [-0.2, 0) is 11.2 Å². The van der Waals surface area contributed by atoms with Crippen LogP contribution >= 0.6 is 11.3 Å². The molecule has 0 bridgehead atoms. The zero-order valence-electron chi connectivity index (χ0n) is 16.3. The summed E-state index contributed by atoms with van der Waals surface area (Å²) < 4.78 is 5.83. The first-order valence-corrected chi connectivity index (χ1v) is 10.2. The summed E-state index contributed by atoms with van der Waals surface area (Å²) in [5.41, 5.74) is 2.29. The summed E-state index contributed by atoms with van der Waals surface area (Å²) in [5, 5.41) is 5.05. The molecule has 1 amide bonds. The Morgan fingerprint density at radius 2 is 1.79 bits per heavy atom. The Morgan fingerprint density at radius 3 is 2.50 bits per heavy atom. The highest BCUT2D eigenvalue weighted by Crippen LogP contribution is 2.23. The average molecular weight is 395 g/mol. The fourth-order valence-electron chi connectivity index (χ4n) is 3.03. The second-order valence-corrected chi connectivity index (χ2v) is 7.84. The van der Waals surface area contributed by atoms with Crippen LogP contribution in [-0.4, -0.2) is 38.1 Å². The lowest BCUT2D eigenvalue weighted by Crippen LogP contribution is -2.36. The van der Waals surface area contributed by atoms with E-state index in [-0.39, 0.29) is 18.6 Å². The standard InChI is InChI=1S/C23H26N2O2S/c1-25(2)20(22-13-8-14-28-22)16-24-23(26)17-27-21-12-7-6-11-19(21)15-18-9-4-3-5-10-18/h3-14,20H,15-17H2,1-2H3,(H,24,26). The maximum atomic E-state index is 12.3. The minimum atomic E-state index is -0.113. The van der Waals surface area contributed by atoms with Gasteiger partial charge in [0.05, 0.1) is 6.04 Å². The van der Waals surface area contributed by atoms with Crippen molar-refractivity contribution in [2.24, 2.45) is 0 Å². The van der Waals surface area contributed by atoms with E-state index in [4.69, 9.17) is 4.74 Å². The van der Waals surface area contributed by atoms with Crippen LogP contribution in [0.5, 0.6) is 5.75 Å². The number of carbonyl (C=O) groups excluding carboxylic acids is 1. The number of rotatable bonds is 9. The monoisotopic (exact) mass is 394 g/mol. The Balaban J connectivity index is 1.55. The number of ether oxygens (including phenoxy) is 1. The highest BCUT2D eigenvalue weighted by atomic mass is 32.1. The van der Waals surface area contributed by atoms with Crippen molar-refractivity contribution in [1.29, 1.82) is 0 Å². The summed E-state index contributed by atoms with van der Waals surface area (Å²) in [6, 6.07) is 22.4. The van der Waals surface area contributed by atoms with Crippen LogP contribution in [0.15, 0.2) is 72.1 Å². The molecule has 1 atom stereocenters. The fourth-order valence-corrected chi connectivity index (χ4v) is 3.95. The number of para-hydroxylation sites is 1. The Labute approximate surface area is 170 Å². The van der Waals surface area contributed by atoms with Crippen LogP contribution in [0.1, 0.15) is 22.0 Å². The summed E-state index contributed by atoms with van der Waals surface area (Å²) in [4.78, 5) is 15.7. The summed E-state index contributed by atoms with van der Waals surface area (Å²) in [6.45, 7) is 0.567. The number of carbonyl (C=O) groups is 1. The van der Waals surface area contributed by atoms with Gasteiger partial charge in [0.1, 0.15) is 5.75 Å². The molecule has 0 saturated carbocycles. The van der Waals surface area contributed by atoms with Crippen molar-refractivity contribution in [3.63, 3.8) is 0 Å². The Kier molecular flexibility index (Phi) is 7.23. The van der Waals surface area contributed by atoms with Gasteiger partial charge in [-0.1, -0.05) is 54.6 Å². The molecule has 3 aromatic rings. The van der Waals surface area contributed by atoms with Gasteiger partial charge in [0, 0.05) is 17.8 Å². The third-order valence-electron chi connectivity index (χ3n) is 4.56. The molecule has 0 aliphatic rings. The van der Waals surface area contributed by atoms with Crippen molar-refractivity contribution >= 4 is 17.2 Å². The zero-order valence-corrected chi connectivity index (χ0v) is 17.1. The predicted molar refractivity (Wildman–Crippen MR) is 115 cm³/mol. The highest BCUT2D eigenvalue weighted by molar-refractivity contribution is 7.10. The molecule has 1 heterocycles. The maximum Gasteiger partial charge on any atom is 0.258 e. The molecule has 0 aliphatic carbocycles. The van der Waals surface area contributed by atoms with Crippen LogP contribution < -0.4 is 10.1 Å². The number of hydrogen-bond donors (Lipinski definition) is 1. The van der Waals surface area contributed by atoms with Crippen molar-refractivity contribution in [2.75, 3.05) is 27.2 Å².